The summed E-state index contributed by atoms with van der Waals surface area (Å²) in [4.78, 5) is 18.1. The number of carbonyl (C=O) groups excluding carboxylic acids is 1. The first kappa shape index (κ1) is 12.2. The molecule has 2 aromatic rings. The fraction of sp³-hybridized carbons (Fsp3) is 0.308. The number of amides is 1. The van der Waals surface area contributed by atoms with E-state index in [0.29, 0.717) is 18.9 Å². The maximum Gasteiger partial charge on any atom is 0.230 e. The first-order valence-corrected chi connectivity index (χ1v) is 6.43. The molecule has 19 heavy (non-hydrogen) atoms. The van der Waals surface area contributed by atoms with Crippen molar-refractivity contribution in [3.63, 3.8) is 0 Å². The average Bonchev–Trinajstić information content (AvgIpc) is 2.96. The molecule has 1 aromatic carbocycles. The number of halogens is 1. The van der Waals surface area contributed by atoms with Crippen LogP contribution in [-0.4, -0.2) is 26.0 Å². The predicted octanol–water partition coefficient (Wildman–Crippen LogP) is 1.85. The highest BCUT2D eigenvalue weighted by Crippen LogP contribution is 2.29. The van der Waals surface area contributed by atoms with Gasteiger partial charge in [0.05, 0.1) is 6.42 Å². The number of fused-ring (bicyclic) bond motifs is 1. The maximum atomic E-state index is 12.2. The first-order chi connectivity index (χ1) is 9.13. The molecule has 3 rings (SSSR count). The molecule has 0 radical (unpaired) electrons. The van der Waals surface area contributed by atoms with Crippen LogP contribution < -0.4 is 0 Å². The second-order valence-electron chi connectivity index (χ2n) is 4.64. The van der Waals surface area contributed by atoms with E-state index < -0.39 is 0 Å². The molecular formula is C13H13ClN4O. The van der Waals surface area contributed by atoms with Gasteiger partial charge in [0.15, 0.2) is 5.82 Å². The van der Waals surface area contributed by atoms with Crippen LogP contribution >= 0.6 is 11.6 Å². The van der Waals surface area contributed by atoms with Crippen molar-refractivity contribution in [3.8, 4) is 0 Å². The van der Waals surface area contributed by atoms with Crippen molar-refractivity contribution >= 4 is 17.5 Å². The molecule has 0 saturated heterocycles. The Bertz CT molecular complexity index is 637. The van der Waals surface area contributed by atoms with Gasteiger partial charge in [-0.05, 0) is 24.1 Å². The number of hydrogen-bond donors (Lipinski definition) is 1. The second-order valence-corrected chi connectivity index (χ2v) is 5.05. The van der Waals surface area contributed by atoms with Gasteiger partial charge in [-0.25, -0.2) is 4.98 Å². The molecule has 1 amide bonds. The summed E-state index contributed by atoms with van der Waals surface area (Å²) in [7, 11) is 0. The minimum Gasteiger partial charge on any atom is -0.334 e. The Morgan fingerprint density at radius 2 is 2.32 bits per heavy atom. The smallest absolute Gasteiger partial charge is 0.230 e. The van der Waals surface area contributed by atoms with Crippen LogP contribution in [0.3, 0.4) is 0 Å². The molecule has 98 valence electrons. The molecule has 0 saturated carbocycles. The van der Waals surface area contributed by atoms with Gasteiger partial charge in [-0.3, -0.25) is 9.89 Å². The van der Waals surface area contributed by atoms with Gasteiger partial charge in [-0.15, -0.1) is 0 Å². The summed E-state index contributed by atoms with van der Waals surface area (Å²) in [5.41, 5.74) is 2.16. The minimum absolute atomic E-state index is 0.0197. The Kier molecular flexibility index (Phi) is 2.98. The molecule has 5 nitrogen and oxygen atoms in total. The zero-order chi connectivity index (χ0) is 13.4. The summed E-state index contributed by atoms with van der Waals surface area (Å²) >= 11 is 6.14. The molecule has 6 heteroatoms. The molecule has 1 N–H and O–H groups in total. The van der Waals surface area contributed by atoms with Gasteiger partial charge in [0, 0.05) is 18.1 Å². The number of benzene rings is 1. The molecule has 0 bridgehead atoms. The third-order valence-corrected chi connectivity index (χ3v) is 3.59. The lowest BCUT2D eigenvalue weighted by Crippen LogP contribution is -2.27. The quantitative estimate of drug-likeness (QED) is 0.911. The van der Waals surface area contributed by atoms with E-state index in [4.69, 9.17) is 11.6 Å². The van der Waals surface area contributed by atoms with Gasteiger partial charge in [0.25, 0.3) is 0 Å². The van der Waals surface area contributed by atoms with E-state index in [-0.39, 0.29) is 12.3 Å². The maximum absolute atomic E-state index is 12.2. The molecule has 0 unspecified atom stereocenters. The number of hydrogen-bond acceptors (Lipinski definition) is 3. The van der Waals surface area contributed by atoms with Gasteiger partial charge in [0.2, 0.25) is 5.91 Å². The average molecular weight is 277 g/mol. The topological polar surface area (TPSA) is 61.9 Å². The Labute approximate surface area is 115 Å². The number of nitrogens with one attached hydrogen (secondary N) is 1. The van der Waals surface area contributed by atoms with Crippen LogP contribution in [0.1, 0.15) is 22.8 Å². The highest BCUT2D eigenvalue weighted by Gasteiger charge is 2.25. The summed E-state index contributed by atoms with van der Waals surface area (Å²) in [6.07, 6.45) is 0.218. The highest BCUT2D eigenvalue weighted by molar-refractivity contribution is 6.31. The molecule has 1 aliphatic heterocycles. The normalized spacial score (nSPS) is 13.7. The van der Waals surface area contributed by atoms with Crippen LogP contribution in [0.5, 0.6) is 0 Å². The lowest BCUT2D eigenvalue weighted by atomic mass is 10.1. The van der Waals surface area contributed by atoms with E-state index in [2.05, 4.69) is 15.2 Å². The van der Waals surface area contributed by atoms with E-state index in [9.17, 15) is 4.79 Å². The van der Waals surface area contributed by atoms with Gasteiger partial charge < -0.3 is 4.90 Å². The van der Waals surface area contributed by atoms with E-state index in [1.807, 2.05) is 25.1 Å². The first-order valence-electron chi connectivity index (χ1n) is 6.05. The zero-order valence-corrected chi connectivity index (χ0v) is 11.2. The summed E-state index contributed by atoms with van der Waals surface area (Å²) in [6.45, 7) is 2.99. The largest absolute Gasteiger partial charge is 0.334 e. The number of nitrogens with zero attached hydrogens (tertiary/aromatic N) is 3. The van der Waals surface area contributed by atoms with Gasteiger partial charge in [-0.1, -0.05) is 23.7 Å². The number of aromatic nitrogens is 3. The highest BCUT2D eigenvalue weighted by atomic mass is 35.5. The molecule has 0 atom stereocenters. The minimum atomic E-state index is 0.0197. The molecule has 1 aliphatic rings. The van der Waals surface area contributed by atoms with Crippen LogP contribution in [0.25, 0.3) is 0 Å². The third-order valence-electron chi connectivity index (χ3n) is 3.23. The van der Waals surface area contributed by atoms with E-state index >= 15 is 0 Å². The summed E-state index contributed by atoms with van der Waals surface area (Å²) < 4.78 is 0. The van der Waals surface area contributed by atoms with Gasteiger partial charge in [-0.2, -0.15) is 5.10 Å². The Hall–Kier alpha value is -1.88. The SMILES string of the molecule is Cc1nc(CC(=O)N2Cc3cccc(Cl)c3C2)n[nH]1. The lowest BCUT2D eigenvalue weighted by molar-refractivity contribution is -0.131. The van der Waals surface area contributed by atoms with Crippen molar-refractivity contribution < 1.29 is 4.79 Å². The van der Waals surface area contributed by atoms with Crippen molar-refractivity contribution in [2.75, 3.05) is 0 Å². The Morgan fingerprint density at radius 1 is 1.47 bits per heavy atom. The van der Waals surface area contributed by atoms with Gasteiger partial charge >= 0.3 is 0 Å². The van der Waals surface area contributed by atoms with E-state index in [0.717, 1.165) is 22.0 Å². The summed E-state index contributed by atoms with van der Waals surface area (Å²) in [6, 6.07) is 5.77. The second kappa shape index (κ2) is 4.66. The van der Waals surface area contributed by atoms with Crippen LogP contribution in [0, 0.1) is 6.92 Å². The molecule has 1 aromatic heterocycles. The van der Waals surface area contributed by atoms with Crippen LogP contribution in [0.2, 0.25) is 5.02 Å². The van der Waals surface area contributed by atoms with Crippen LogP contribution in [-0.2, 0) is 24.3 Å². The Morgan fingerprint density at radius 3 is 3.00 bits per heavy atom. The molecule has 2 heterocycles. The number of carbonyl (C=O) groups is 1. The van der Waals surface area contributed by atoms with Crippen LogP contribution in [0.4, 0.5) is 0 Å². The van der Waals surface area contributed by atoms with E-state index in [1.165, 1.54) is 0 Å². The van der Waals surface area contributed by atoms with Crippen molar-refractivity contribution in [1.29, 1.82) is 0 Å². The summed E-state index contributed by atoms with van der Waals surface area (Å²) in [5.74, 6) is 1.27. The van der Waals surface area contributed by atoms with E-state index in [1.54, 1.807) is 4.90 Å². The fourth-order valence-corrected chi connectivity index (χ4v) is 2.53. The van der Waals surface area contributed by atoms with Crippen molar-refractivity contribution in [2.24, 2.45) is 0 Å². The number of aryl methyl sites for hydroxylation is 1. The predicted molar refractivity (Wildman–Crippen MR) is 70.5 cm³/mol. The number of rotatable bonds is 2. The fourth-order valence-electron chi connectivity index (χ4n) is 2.27. The molecule has 0 spiro atoms. The Balaban J connectivity index is 1.72. The van der Waals surface area contributed by atoms with Crippen molar-refractivity contribution in [2.45, 2.75) is 26.4 Å². The zero-order valence-electron chi connectivity index (χ0n) is 10.5. The summed E-state index contributed by atoms with van der Waals surface area (Å²) in [5, 5.41) is 7.45. The van der Waals surface area contributed by atoms with Crippen molar-refractivity contribution in [1.82, 2.24) is 20.1 Å². The standard InChI is InChI=1S/C13H13ClN4O/c1-8-15-12(17-16-8)5-13(19)18-6-9-3-2-4-11(14)10(9)7-18/h2-4H,5-7H2,1H3,(H,15,16,17). The number of aromatic amines is 1. The molecule has 0 aliphatic carbocycles. The number of H-pyrrole nitrogens is 1. The van der Waals surface area contributed by atoms with Crippen molar-refractivity contribution in [3.05, 3.63) is 46.0 Å². The van der Waals surface area contributed by atoms with Gasteiger partial charge in [0.1, 0.15) is 5.82 Å². The molecule has 0 fully saturated rings. The third kappa shape index (κ3) is 2.33. The lowest BCUT2D eigenvalue weighted by Gasteiger charge is -2.14. The van der Waals surface area contributed by atoms with Crippen LogP contribution in [0.15, 0.2) is 18.2 Å². The monoisotopic (exact) mass is 276 g/mol. The molecular weight excluding hydrogens is 264 g/mol.